The van der Waals surface area contributed by atoms with Gasteiger partial charge in [0, 0.05) is 17.4 Å². The molecule has 0 aromatic heterocycles. The number of rotatable bonds is 4. The fourth-order valence-electron chi connectivity index (χ4n) is 1.17. The summed E-state index contributed by atoms with van der Waals surface area (Å²) < 4.78 is 0.817. The Labute approximate surface area is 103 Å². The van der Waals surface area contributed by atoms with Crippen LogP contribution in [0.1, 0.15) is 12.0 Å². The maximum Gasteiger partial charge on any atom is 0.225 e. The minimum atomic E-state index is -0.104. The second kappa shape index (κ2) is 6.26. The third kappa shape index (κ3) is 3.65. The zero-order valence-electron chi connectivity index (χ0n) is 8.88. The number of nitrogens with one attached hydrogen (secondary N) is 2. The van der Waals surface area contributed by atoms with Crippen molar-refractivity contribution in [3.05, 3.63) is 28.2 Å². The van der Waals surface area contributed by atoms with Crippen LogP contribution in [0.5, 0.6) is 0 Å². The molecule has 0 unspecified atom stereocenters. The number of anilines is 1. The van der Waals surface area contributed by atoms with Gasteiger partial charge in [0.25, 0.3) is 0 Å². The summed E-state index contributed by atoms with van der Waals surface area (Å²) in [6.45, 7) is 0.615. The third-order valence-corrected chi connectivity index (χ3v) is 2.47. The Balaban J connectivity index is 2.74. The molecule has 0 spiro atoms. The zero-order chi connectivity index (χ0) is 12.0. The second-order valence-electron chi connectivity index (χ2n) is 3.20. The minimum Gasteiger partial charge on any atom is -0.325 e. The van der Waals surface area contributed by atoms with E-state index in [1.165, 1.54) is 0 Å². The van der Waals surface area contributed by atoms with E-state index in [4.69, 9.17) is 5.26 Å². The Hall–Kier alpha value is -1.38. The first kappa shape index (κ1) is 12.7. The van der Waals surface area contributed by atoms with Crippen molar-refractivity contribution in [1.82, 2.24) is 5.32 Å². The number of nitriles is 1. The van der Waals surface area contributed by atoms with Crippen molar-refractivity contribution in [2.45, 2.75) is 6.42 Å². The number of benzene rings is 1. The molecule has 0 aliphatic heterocycles. The molecule has 0 heterocycles. The van der Waals surface area contributed by atoms with Gasteiger partial charge in [-0.05, 0) is 25.2 Å². The number of carbonyl (C=O) groups is 1. The molecule has 0 saturated carbocycles. The molecule has 0 radical (unpaired) electrons. The van der Waals surface area contributed by atoms with Crippen LogP contribution >= 0.6 is 15.9 Å². The van der Waals surface area contributed by atoms with Gasteiger partial charge in [-0.1, -0.05) is 15.9 Å². The Morgan fingerprint density at radius 1 is 1.56 bits per heavy atom. The van der Waals surface area contributed by atoms with Crippen molar-refractivity contribution in [3.63, 3.8) is 0 Å². The van der Waals surface area contributed by atoms with Crippen molar-refractivity contribution in [1.29, 1.82) is 5.26 Å². The molecular weight excluding hydrogens is 270 g/mol. The highest BCUT2D eigenvalue weighted by Crippen LogP contribution is 2.20. The Morgan fingerprint density at radius 2 is 2.31 bits per heavy atom. The molecule has 0 atom stereocenters. The van der Waals surface area contributed by atoms with Crippen molar-refractivity contribution in [2.75, 3.05) is 18.9 Å². The fraction of sp³-hybridized carbons (Fsp3) is 0.273. The fourth-order valence-corrected chi connectivity index (χ4v) is 1.53. The molecule has 0 saturated heterocycles. The summed E-state index contributed by atoms with van der Waals surface area (Å²) in [6.07, 6.45) is 0.386. The lowest BCUT2D eigenvalue weighted by Gasteiger charge is -2.06. The molecule has 0 bridgehead atoms. The van der Waals surface area contributed by atoms with Crippen LogP contribution in [0, 0.1) is 11.3 Å². The normalized spacial score (nSPS) is 9.56. The van der Waals surface area contributed by atoms with E-state index >= 15 is 0 Å². The first-order chi connectivity index (χ1) is 7.67. The average molecular weight is 282 g/mol. The zero-order valence-corrected chi connectivity index (χ0v) is 10.5. The Kier molecular flexibility index (Phi) is 4.96. The summed E-state index contributed by atoms with van der Waals surface area (Å²) in [6, 6.07) is 7.21. The molecule has 5 heteroatoms. The van der Waals surface area contributed by atoms with E-state index in [-0.39, 0.29) is 5.91 Å². The van der Waals surface area contributed by atoms with Gasteiger partial charge < -0.3 is 10.6 Å². The van der Waals surface area contributed by atoms with Crippen LogP contribution in [0.4, 0.5) is 5.69 Å². The van der Waals surface area contributed by atoms with Gasteiger partial charge in [-0.25, -0.2) is 0 Å². The van der Waals surface area contributed by atoms with Crippen molar-refractivity contribution in [2.24, 2.45) is 0 Å². The van der Waals surface area contributed by atoms with Crippen LogP contribution in [0.2, 0.25) is 0 Å². The number of amides is 1. The molecule has 0 aliphatic carbocycles. The maximum atomic E-state index is 11.5. The summed E-state index contributed by atoms with van der Waals surface area (Å²) in [5.74, 6) is -0.104. The third-order valence-electron chi connectivity index (χ3n) is 1.98. The molecule has 1 aromatic rings. The van der Waals surface area contributed by atoms with Crippen LogP contribution in [-0.2, 0) is 4.79 Å². The molecule has 16 heavy (non-hydrogen) atoms. The van der Waals surface area contributed by atoms with Gasteiger partial charge in [-0.3, -0.25) is 4.79 Å². The van der Waals surface area contributed by atoms with Crippen LogP contribution in [0.25, 0.3) is 0 Å². The standard InChI is InChI=1S/C11H12BrN3O/c1-14-5-4-11(16)15-10-3-2-9(12)6-8(10)7-13/h2-3,6,14H,4-5H2,1H3,(H,15,16). The predicted molar refractivity (Wildman–Crippen MR) is 66.0 cm³/mol. The smallest absolute Gasteiger partial charge is 0.225 e. The number of hydrogen-bond donors (Lipinski definition) is 2. The van der Waals surface area contributed by atoms with E-state index in [1.54, 1.807) is 25.2 Å². The van der Waals surface area contributed by atoms with E-state index in [9.17, 15) is 4.79 Å². The summed E-state index contributed by atoms with van der Waals surface area (Å²) in [5, 5.41) is 14.5. The highest BCUT2D eigenvalue weighted by molar-refractivity contribution is 9.10. The molecule has 2 N–H and O–H groups in total. The van der Waals surface area contributed by atoms with Crippen molar-refractivity contribution in [3.8, 4) is 6.07 Å². The van der Waals surface area contributed by atoms with Crippen LogP contribution in [0.15, 0.2) is 22.7 Å². The Morgan fingerprint density at radius 3 is 2.94 bits per heavy atom. The lowest BCUT2D eigenvalue weighted by molar-refractivity contribution is -0.116. The minimum absolute atomic E-state index is 0.104. The van der Waals surface area contributed by atoms with Crippen LogP contribution < -0.4 is 10.6 Å². The SMILES string of the molecule is CNCCC(=O)Nc1ccc(Br)cc1C#N. The van der Waals surface area contributed by atoms with Gasteiger partial charge >= 0.3 is 0 Å². The maximum absolute atomic E-state index is 11.5. The molecule has 1 rings (SSSR count). The van der Waals surface area contributed by atoms with E-state index in [0.717, 1.165) is 4.47 Å². The van der Waals surface area contributed by atoms with Crippen molar-refractivity contribution < 1.29 is 4.79 Å². The van der Waals surface area contributed by atoms with E-state index in [0.29, 0.717) is 24.2 Å². The average Bonchev–Trinajstić information content (AvgIpc) is 2.28. The first-order valence-corrected chi connectivity index (χ1v) is 5.60. The predicted octanol–water partition coefficient (Wildman–Crippen LogP) is 1.87. The summed E-state index contributed by atoms with van der Waals surface area (Å²) in [5.41, 5.74) is 0.999. The molecule has 4 nitrogen and oxygen atoms in total. The molecular formula is C11H12BrN3O. The Bertz CT molecular complexity index is 426. The van der Waals surface area contributed by atoms with E-state index < -0.39 is 0 Å². The van der Waals surface area contributed by atoms with Gasteiger partial charge in [-0.15, -0.1) is 0 Å². The molecule has 1 aromatic carbocycles. The van der Waals surface area contributed by atoms with Gasteiger partial charge in [0.1, 0.15) is 6.07 Å². The topological polar surface area (TPSA) is 64.9 Å². The van der Waals surface area contributed by atoms with Gasteiger partial charge in [0.2, 0.25) is 5.91 Å². The number of carbonyl (C=O) groups excluding carboxylic acids is 1. The van der Waals surface area contributed by atoms with Gasteiger partial charge in [-0.2, -0.15) is 5.26 Å². The van der Waals surface area contributed by atoms with Crippen LogP contribution in [0.3, 0.4) is 0 Å². The quantitative estimate of drug-likeness (QED) is 0.886. The number of hydrogen-bond acceptors (Lipinski definition) is 3. The molecule has 0 aliphatic rings. The lowest BCUT2D eigenvalue weighted by Crippen LogP contribution is -2.19. The van der Waals surface area contributed by atoms with E-state index in [2.05, 4.69) is 26.6 Å². The molecule has 0 fully saturated rings. The van der Waals surface area contributed by atoms with Crippen LogP contribution in [-0.4, -0.2) is 19.5 Å². The van der Waals surface area contributed by atoms with E-state index in [1.807, 2.05) is 6.07 Å². The lowest BCUT2D eigenvalue weighted by atomic mass is 10.2. The largest absolute Gasteiger partial charge is 0.325 e. The summed E-state index contributed by atoms with van der Waals surface area (Å²) in [4.78, 5) is 11.5. The highest BCUT2D eigenvalue weighted by atomic mass is 79.9. The first-order valence-electron chi connectivity index (χ1n) is 4.81. The van der Waals surface area contributed by atoms with Gasteiger partial charge in [0.15, 0.2) is 0 Å². The number of nitrogens with zero attached hydrogens (tertiary/aromatic N) is 1. The highest BCUT2D eigenvalue weighted by Gasteiger charge is 2.06. The van der Waals surface area contributed by atoms with Gasteiger partial charge in [0.05, 0.1) is 11.3 Å². The number of halogens is 1. The second-order valence-corrected chi connectivity index (χ2v) is 4.12. The summed E-state index contributed by atoms with van der Waals surface area (Å²) >= 11 is 3.27. The molecule has 1 amide bonds. The monoisotopic (exact) mass is 281 g/mol. The van der Waals surface area contributed by atoms with Crippen molar-refractivity contribution >= 4 is 27.5 Å². The molecule has 84 valence electrons. The summed E-state index contributed by atoms with van der Waals surface area (Å²) in [7, 11) is 1.79.